The zero-order valence-electron chi connectivity index (χ0n) is 18.2. The van der Waals surface area contributed by atoms with Gasteiger partial charge in [-0.2, -0.15) is 5.10 Å². The fourth-order valence-electron chi connectivity index (χ4n) is 3.90. The zero-order valence-corrected chi connectivity index (χ0v) is 19.1. The van der Waals surface area contributed by atoms with Gasteiger partial charge >= 0.3 is 6.36 Å². The maximum absolute atomic E-state index is 13.3. The van der Waals surface area contributed by atoms with E-state index in [0.717, 1.165) is 23.4 Å². The third-order valence-corrected chi connectivity index (χ3v) is 6.51. The molecule has 2 aromatic heterocycles. The molecule has 0 bridgehead atoms. The lowest BCUT2D eigenvalue weighted by atomic mass is 10.2. The van der Waals surface area contributed by atoms with E-state index in [9.17, 15) is 22.8 Å². The van der Waals surface area contributed by atoms with E-state index in [1.165, 1.54) is 34.7 Å². The van der Waals surface area contributed by atoms with Crippen molar-refractivity contribution in [2.75, 3.05) is 11.1 Å². The highest BCUT2D eigenvalue weighted by molar-refractivity contribution is 7.99. The molecule has 1 aliphatic heterocycles. The molecule has 1 amide bonds. The number of ether oxygens (including phenoxy) is 1. The van der Waals surface area contributed by atoms with E-state index in [0.29, 0.717) is 27.6 Å². The van der Waals surface area contributed by atoms with Crippen LogP contribution < -0.4 is 15.6 Å². The number of rotatable bonds is 5. The summed E-state index contributed by atoms with van der Waals surface area (Å²) in [5, 5.41) is 7.84. The number of halogens is 3. The van der Waals surface area contributed by atoms with Gasteiger partial charge in [0.2, 0.25) is 5.91 Å². The van der Waals surface area contributed by atoms with Crippen LogP contribution in [0.4, 0.5) is 18.9 Å². The molecule has 8 nitrogen and oxygen atoms in total. The molecule has 0 fully saturated rings. The Morgan fingerprint density at radius 3 is 2.71 bits per heavy atom. The topological polar surface area (TPSA) is 91.0 Å². The lowest BCUT2D eigenvalue weighted by Crippen LogP contribution is -2.27. The van der Waals surface area contributed by atoms with Crippen LogP contribution in [0.5, 0.6) is 5.75 Å². The summed E-state index contributed by atoms with van der Waals surface area (Å²) in [5.74, 6) is -0.279. The summed E-state index contributed by atoms with van der Waals surface area (Å²) >= 11 is 1.38. The summed E-state index contributed by atoms with van der Waals surface area (Å²) in [6.45, 7) is 1.96. The summed E-state index contributed by atoms with van der Waals surface area (Å²) < 4.78 is 43.9. The highest BCUT2D eigenvalue weighted by Gasteiger charge is 2.31. The molecule has 180 valence electrons. The van der Waals surface area contributed by atoms with Crippen LogP contribution in [-0.2, 0) is 4.79 Å². The van der Waals surface area contributed by atoms with Crippen LogP contribution in [-0.4, -0.2) is 37.4 Å². The Labute approximate surface area is 200 Å². The number of nitrogens with one attached hydrogen (secondary N) is 1. The number of carbonyl (C=O) groups is 1. The molecule has 1 aliphatic rings. The van der Waals surface area contributed by atoms with Crippen LogP contribution in [0.25, 0.3) is 16.7 Å². The van der Waals surface area contributed by atoms with Gasteiger partial charge in [-0.3, -0.25) is 14.2 Å². The molecule has 12 heteroatoms. The van der Waals surface area contributed by atoms with Crippen LogP contribution in [0.3, 0.4) is 0 Å². The number of aromatic nitrogens is 4. The van der Waals surface area contributed by atoms with Crippen molar-refractivity contribution in [3.63, 3.8) is 0 Å². The fraction of sp³-hybridized carbons (Fsp3) is 0.217. The smallest absolute Gasteiger partial charge is 0.406 e. The minimum Gasteiger partial charge on any atom is -0.406 e. The zero-order chi connectivity index (χ0) is 24.7. The SMILES string of the molecule is Cc1cccc(-n2ncc3c(=O)n4c(nc32)SCC4CC(=O)Nc2ccc(OC(F)(F)F)cc2)c1. The van der Waals surface area contributed by atoms with E-state index in [1.807, 2.05) is 31.2 Å². The van der Waals surface area contributed by atoms with Gasteiger partial charge in [0.1, 0.15) is 11.1 Å². The van der Waals surface area contributed by atoms with E-state index < -0.39 is 12.4 Å². The Kier molecular flexibility index (Phi) is 5.75. The van der Waals surface area contributed by atoms with Crippen molar-refractivity contribution in [1.29, 1.82) is 0 Å². The largest absolute Gasteiger partial charge is 0.573 e. The molecule has 3 heterocycles. The van der Waals surface area contributed by atoms with E-state index in [-0.39, 0.29) is 23.6 Å². The molecule has 4 aromatic rings. The van der Waals surface area contributed by atoms with Crippen molar-refractivity contribution in [1.82, 2.24) is 19.3 Å². The number of fused-ring (bicyclic) bond motifs is 2. The molecule has 35 heavy (non-hydrogen) atoms. The third kappa shape index (κ3) is 4.74. The molecule has 0 spiro atoms. The summed E-state index contributed by atoms with van der Waals surface area (Å²) in [6, 6.07) is 12.1. The number of nitrogens with zero attached hydrogens (tertiary/aromatic N) is 4. The number of aryl methyl sites for hydroxylation is 1. The van der Waals surface area contributed by atoms with Crippen LogP contribution >= 0.6 is 11.8 Å². The molecular formula is C23H18F3N5O3S. The number of alkyl halides is 3. The summed E-state index contributed by atoms with van der Waals surface area (Å²) in [7, 11) is 0. The average Bonchev–Trinajstić information content (AvgIpc) is 3.39. The standard InChI is InChI=1S/C23H18F3N5O3S/c1-13-3-2-4-15(9-13)31-20-18(11-27-31)21(33)30-16(12-35-22(30)29-20)10-19(32)28-14-5-7-17(8-6-14)34-23(24,25)26/h2-9,11,16H,10,12H2,1H3,(H,28,32). The Bertz CT molecular complexity index is 1480. The Hall–Kier alpha value is -3.80. The summed E-state index contributed by atoms with van der Waals surface area (Å²) in [5.41, 5.74) is 2.33. The predicted molar refractivity (Wildman–Crippen MR) is 124 cm³/mol. The third-order valence-electron chi connectivity index (χ3n) is 5.41. The lowest BCUT2D eigenvalue weighted by Gasteiger charge is -2.14. The van der Waals surface area contributed by atoms with Crippen molar-refractivity contribution in [2.45, 2.75) is 30.9 Å². The molecule has 1 N–H and O–H groups in total. The first kappa shape index (κ1) is 23.0. The summed E-state index contributed by atoms with van der Waals surface area (Å²) in [4.78, 5) is 30.5. The normalized spacial score (nSPS) is 15.3. The Morgan fingerprint density at radius 1 is 1.23 bits per heavy atom. The molecular weight excluding hydrogens is 483 g/mol. The maximum atomic E-state index is 13.3. The molecule has 1 unspecified atom stereocenters. The first-order valence-corrected chi connectivity index (χ1v) is 11.5. The van der Waals surface area contributed by atoms with Crippen LogP contribution in [0.2, 0.25) is 0 Å². The van der Waals surface area contributed by atoms with Gasteiger partial charge in [-0.05, 0) is 48.9 Å². The number of hydrogen-bond acceptors (Lipinski definition) is 6. The first-order chi connectivity index (χ1) is 16.7. The molecule has 0 radical (unpaired) electrons. The van der Waals surface area contributed by atoms with Gasteiger partial charge in [0, 0.05) is 17.9 Å². The molecule has 0 aliphatic carbocycles. The van der Waals surface area contributed by atoms with E-state index >= 15 is 0 Å². The van der Waals surface area contributed by atoms with Gasteiger partial charge in [0.15, 0.2) is 10.8 Å². The second kappa shape index (κ2) is 8.77. The molecule has 0 saturated carbocycles. The highest BCUT2D eigenvalue weighted by atomic mass is 32.2. The van der Waals surface area contributed by atoms with Crippen molar-refractivity contribution in [2.24, 2.45) is 0 Å². The number of carbonyl (C=O) groups excluding carboxylic acids is 1. The van der Waals surface area contributed by atoms with Gasteiger partial charge < -0.3 is 10.1 Å². The van der Waals surface area contributed by atoms with Gasteiger partial charge in [-0.25, -0.2) is 9.67 Å². The predicted octanol–water partition coefficient (Wildman–Crippen LogP) is 4.46. The minimum atomic E-state index is -4.79. The number of benzene rings is 2. The number of thioether (sulfide) groups is 1. The van der Waals surface area contributed by atoms with Gasteiger partial charge in [0.05, 0.1) is 17.9 Å². The fourth-order valence-corrected chi connectivity index (χ4v) is 5.03. The van der Waals surface area contributed by atoms with Crippen molar-refractivity contribution in [3.05, 3.63) is 70.6 Å². The van der Waals surface area contributed by atoms with Crippen molar-refractivity contribution >= 4 is 34.4 Å². The van der Waals surface area contributed by atoms with E-state index in [1.54, 1.807) is 4.68 Å². The molecule has 0 saturated heterocycles. The number of hydrogen-bond donors (Lipinski definition) is 1. The van der Waals surface area contributed by atoms with Crippen LogP contribution in [0, 0.1) is 6.92 Å². The monoisotopic (exact) mass is 501 g/mol. The van der Waals surface area contributed by atoms with Crippen molar-refractivity contribution < 1.29 is 22.7 Å². The Balaban J connectivity index is 1.34. The maximum Gasteiger partial charge on any atom is 0.573 e. The average molecular weight is 501 g/mol. The second-order valence-corrected chi connectivity index (χ2v) is 8.98. The van der Waals surface area contributed by atoms with E-state index in [4.69, 9.17) is 0 Å². The van der Waals surface area contributed by atoms with E-state index in [2.05, 4.69) is 20.1 Å². The molecule has 1 atom stereocenters. The van der Waals surface area contributed by atoms with Crippen LogP contribution in [0.15, 0.2) is 64.7 Å². The van der Waals surface area contributed by atoms with Gasteiger partial charge in [-0.1, -0.05) is 23.9 Å². The molecule has 2 aromatic carbocycles. The highest BCUT2D eigenvalue weighted by Crippen LogP contribution is 2.34. The van der Waals surface area contributed by atoms with Gasteiger partial charge in [-0.15, -0.1) is 13.2 Å². The lowest BCUT2D eigenvalue weighted by molar-refractivity contribution is -0.274. The quantitative estimate of drug-likeness (QED) is 0.406. The Morgan fingerprint density at radius 2 is 2.00 bits per heavy atom. The number of anilines is 1. The second-order valence-electron chi connectivity index (χ2n) is 7.99. The van der Waals surface area contributed by atoms with Gasteiger partial charge in [0.25, 0.3) is 5.56 Å². The molecule has 5 rings (SSSR count). The van der Waals surface area contributed by atoms with Crippen molar-refractivity contribution in [3.8, 4) is 11.4 Å². The summed E-state index contributed by atoms with van der Waals surface area (Å²) in [6.07, 6.45) is -3.31. The minimum absolute atomic E-state index is 0.0000863. The first-order valence-electron chi connectivity index (χ1n) is 10.5. The van der Waals surface area contributed by atoms with Crippen LogP contribution in [0.1, 0.15) is 18.0 Å². The number of amides is 1.